The Labute approximate surface area is 121 Å². The highest BCUT2D eigenvalue weighted by atomic mass is 32.2. The summed E-state index contributed by atoms with van der Waals surface area (Å²) in [5.41, 5.74) is 0. The SMILES string of the molecule is Fc1ccc(SCc2noc([C@@H]3CCCNC3)n2)cc1. The number of nitrogens with zero attached hydrogens (tertiary/aromatic N) is 2. The maximum absolute atomic E-state index is 12.8. The van der Waals surface area contributed by atoms with E-state index in [9.17, 15) is 4.39 Å². The van der Waals surface area contributed by atoms with Gasteiger partial charge in [-0.05, 0) is 43.7 Å². The van der Waals surface area contributed by atoms with Crippen molar-refractivity contribution < 1.29 is 8.91 Å². The summed E-state index contributed by atoms with van der Waals surface area (Å²) in [7, 11) is 0. The molecule has 3 rings (SSSR count). The van der Waals surface area contributed by atoms with E-state index >= 15 is 0 Å². The average molecular weight is 293 g/mol. The third-order valence-corrected chi connectivity index (χ3v) is 4.32. The minimum absolute atomic E-state index is 0.221. The Morgan fingerprint density at radius 2 is 2.20 bits per heavy atom. The van der Waals surface area contributed by atoms with Crippen LogP contribution in [-0.2, 0) is 5.75 Å². The Morgan fingerprint density at radius 1 is 1.35 bits per heavy atom. The number of hydrogen-bond donors (Lipinski definition) is 1. The highest BCUT2D eigenvalue weighted by molar-refractivity contribution is 7.98. The lowest BCUT2D eigenvalue weighted by atomic mass is 10.00. The zero-order valence-corrected chi connectivity index (χ0v) is 11.8. The van der Waals surface area contributed by atoms with Gasteiger partial charge in [-0.2, -0.15) is 4.98 Å². The zero-order valence-electron chi connectivity index (χ0n) is 11.0. The van der Waals surface area contributed by atoms with Crippen molar-refractivity contribution in [3.63, 3.8) is 0 Å². The third kappa shape index (κ3) is 3.37. The van der Waals surface area contributed by atoms with Crippen molar-refractivity contribution in [1.29, 1.82) is 0 Å². The van der Waals surface area contributed by atoms with E-state index in [1.807, 2.05) is 0 Å². The van der Waals surface area contributed by atoms with Crippen LogP contribution in [0.3, 0.4) is 0 Å². The Balaban J connectivity index is 1.58. The van der Waals surface area contributed by atoms with Gasteiger partial charge in [-0.1, -0.05) is 5.16 Å². The summed E-state index contributed by atoms with van der Waals surface area (Å²) < 4.78 is 18.1. The Kier molecular flexibility index (Phi) is 4.32. The molecular formula is C14H16FN3OS. The minimum atomic E-state index is -0.221. The van der Waals surface area contributed by atoms with Gasteiger partial charge in [0.2, 0.25) is 5.89 Å². The summed E-state index contributed by atoms with van der Waals surface area (Å²) in [5.74, 6) is 2.17. The predicted octanol–water partition coefficient (Wildman–Crippen LogP) is 2.97. The lowest BCUT2D eigenvalue weighted by Gasteiger charge is -2.18. The van der Waals surface area contributed by atoms with Crippen LogP contribution in [0.1, 0.15) is 30.5 Å². The first-order chi connectivity index (χ1) is 9.81. The maximum Gasteiger partial charge on any atom is 0.231 e. The van der Waals surface area contributed by atoms with E-state index in [2.05, 4.69) is 15.5 Å². The third-order valence-electron chi connectivity index (χ3n) is 3.31. The largest absolute Gasteiger partial charge is 0.339 e. The molecule has 1 N–H and O–H groups in total. The average Bonchev–Trinajstić information content (AvgIpc) is 2.97. The second kappa shape index (κ2) is 6.37. The fourth-order valence-electron chi connectivity index (χ4n) is 2.23. The lowest BCUT2D eigenvalue weighted by Crippen LogP contribution is -2.28. The first-order valence-corrected chi connectivity index (χ1v) is 7.71. The van der Waals surface area contributed by atoms with E-state index in [-0.39, 0.29) is 5.82 Å². The molecule has 1 aliphatic heterocycles. The molecule has 20 heavy (non-hydrogen) atoms. The van der Waals surface area contributed by atoms with Crippen LogP contribution in [0.4, 0.5) is 4.39 Å². The molecule has 6 heteroatoms. The number of rotatable bonds is 4. The quantitative estimate of drug-likeness (QED) is 0.878. The molecule has 1 aliphatic rings. The van der Waals surface area contributed by atoms with Gasteiger partial charge in [0.15, 0.2) is 5.82 Å². The predicted molar refractivity (Wildman–Crippen MR) is 75.1 cm³/mol. The van der Waals surface area contributed by atoms with Crippen molar-refractivity contribution in [2.75, 3.05) is 13.1 Å². The van der Waals surface area contributed by atoms with Gasteiger partial charge >= 0.3 is 0 Å². The second-order valence-electron chi connectivity index (χ2n) is 4.83. The van der Waals surface area contributed by atoms with Crippen LogP contribution >= 0.6 is 11.8 Å². The molecule has 0 amide bonds. The number of benzene rings is 1. The van der Waals surface area contributed by atoms with Gasteiger partial charge in [0, 0.05) is 11.4 Å². The van der Waals surface area contributed by atoms with Crippen LogP contribution in [0.15, 0.2) is 33.7 Å². The highest BCUT2D eigenvalue weighted by Gasteiger charge is 2.21. The summed E-state index contributed by atoms with van der Waals surface area (Å²) in [6.07, 6.45) is 2.24. The van der Waals surface area contributed by atoms with Crippen LogP contribution < -0.4 is 5.32 Å². The number of thioether (sulfide) groups is 1. The van der Waals surface area contributed by atoms with Crippen molar-refractivity contribution in [2.24, 2.45) is 0 Å². The molecule has 0 saturated carbocycles. The molecule has 1 aromatic heterocycles. The van der Waals surface area contributed by atoms with E-state index in [4.69, 9.17) is 4.52 Å². The molecule has 0 spiro atoms. The first kappa shape index (κ1) is 13.6. The normalized spacial score (nSPS) is 19.1. The number of piperidine rings is 1. The van der Waals surface area contributed by atoms with Crippen molar-refractivity contribution in [3.8, 4) is 0 Å². The second-order valence-corrected chi connectivity index (χ2v) is 5.88. The molecule has 1 aromatic carbocycles. The van der Waals surface area contributed by atoms with Crippen molar-refractivity contribution >= 4 is 11.8 Å². The minimum Gasteiger partial charge on any atom is -0.339 e. The molecule has 4 nitrogen and oxygen atoms in total. The molecule has 0 bridgehead atoms. The van der Waals surface area contributed by atoms with Gasteiger partial charge in [0.1, 0.15) is 5.82 Å². The van der Waals surface area contributed by atoms with E-state index in [0.29, 0.717) is 17.5 Å². The van der Waals surface area contributed by atoms with E-state index < -0.39 is 0 Å². The molecule has 0 aliphatic carbocycles. The molecule has 2 heterocycles. The van der Waals surface area contributed by atoms with Crippen molar-refractivity contribution in [3.05, 3.63) is 41.8 Å². The molecule has 0 radical (unpaired) electrons. The van der Waals surface area contributed by atoms with E-state index in [1.165, 1.54) is 12.1 Å². The van der Waals surface area contributed by atoms with Gasteiger partial charge in [-0.15, -0.1) is 11.8 Å². The number of nitrogens with one attached hydrogen (secondary N) is 1. The van der Waals surface area contributed by atoms with Crippen LogP contribution in [0.25, 0.3) is 0 Å². The van der Waals surface area contributed by atoms with Crippen LogP contribution in [0.2, 0.25) is 0 Å². The Bertz CT molecular complexity index is 552. The van der Waals surface area contributed by atoms with Crippen LogP contribution in [0, 0.1) is 5.82 Å². The molecule has 1 fully saturated rings. The van der Waals surface area contributed by atoms with Gasteiger partial charge in [0.25, 0.3) is 0 Å². The number of halogens is 1. The molecule has 106 valence electrons. The smallest absolute Gasteiger partial charge is 0.231 e. The van der Waals surface area contributed by atoms with Crippen molar-refractivity contribution in [2.45, 2.75) is 29.4 Å². The standard InChI is InChI=1S/C14H16FN3OS/c15-11-3-5-12(6-4-11)20-9-13-17-14(19-18-13)10-2-1-7-16-8-10/h3-6,10,16H,1-2,7-9H2/t10-/m1/s1. The molecule has 0 unspecified atom stereocenters. The molecule has 1 saturated heterocycles. The Morgan fingerprint density at radius 3 is 2.95 bits per heavy atom. The maximum atomic E-state index is 12.8. The van der Waals surface area contributed by atoms with Gasteiger partial charge < -0.3 is 9.84 Å². The summed E-state index contributed by atoms with van der Waals surface area (Å²) >= 11 is 1.57. The zero-order chi connectivity index (χ0) is 13.8. The van der Waals surface area contributed by atoms with Crippen LogP contribution in [-0.4, -0.2) is 23.2 Å². The van der Waals surface area contributed by atoms with Gasteiger partial charge in [0.05, 0.1) is 11.7 Å². The summed E-state index contributed by atoms with van der Waals surface area (Å²) in [4.78, 5) is 5.45. The van der Waals surface area contributed by atoms with E-state index in [0.717, 1.165) is 36.7 Å². The number of aromatic nitrogens is 2. The Hall–Kier alpha value is -1.40. The molecular weight excluding hydrogens is 277 g/mol. The fourth-order valence-corrected chi connectivity index (χ4v) is 2.97. The van der Waals surface area contributed by atoms with Crippen molar-refractivity contribution in [1.82, 2.24) is 15.5 Å². The summed E-state index contributed by atoms with van der Waals surface area (Å²) in [6, 6.07) is 6.42. The first-order valence-electron chi connectivity index (χ1n) is 6.73. The molecule has 1 atom stereocenters. The summed E-state index contributed by atoms with van der Waals surface area (Å²) in [5, 5.41) is 7.35. The summed E-state index contributed by atoms with van der Waals surface area (Å²) in [6.45, 7) is 1.98. The lowest BCUT2D eigenvalue weighted by molar-refractivity contribution is 0.320. The monoisotopic (exact) mass is 293 g/mol. The van der Waals surface area contributed by atoms with Gasteiger partial charge in [-0.25, -0.2) is 4.39 Å². The van der Waals surface area contributed by atoms with Gasteiger partial charge in [-0.3, -0.25) is 0 Å². The topological polar surface area (TPSA) is 51.0 Å². The van der Waals surface area contributed by atoms with Crippen LogP contribution in [0.5, 0.6) is 0 Å². The molecule has 2 aromatic rings. The number of hydrogen-bond acceptors (Lipinski definition) is 5. The fraction of sp³-hybridized carbons (Fsp3) is 0.429. The van der Waals surface area contributed by atoms with E-state index in [1.54, 1.807) is 23.9 Å². The highest BCUT2D eigenvalue weighted by Crippen LogP contribution is 2.25.